The van der Waals surface area contributed by atoms with E-state index in [-0.39, 0.29) is 6.04 Å². The van der Waals surface area contributed by atoms with Crippen molar-refractivity contribution in [1.82, 2.24) is 0 Å². The normalized spacial score (nSPS) is 23.5. The Morgan fingerprint density at radius 2 is 2.12 bits per heavy atom. The molecule has 1 aliphatic heterocycles. The molecule has 0 aromatic heterocycles. The molecule has 3 atom stereocenters. The van der Waals surface area contributed by atoms with Crippen LogP contribution in [-0.4, -0.2) is 18.2 Å². The zero-order valence-electron chi connectivity index (χ0n) is 14.3. The third-order valence-corrected chi connectivity index (χ3v) is 5.48. The molecular weight excluding hydrogens is 314 g/mol. The summed E-state index contributed by atoms with van der Waals surface area (Å²) in [5, 5.41) is 13.1. The number of carboxylic acid groups (broad SMARTS) is 1. The molecule has 128 valence electrons. The Morgan fingerprint density at radius 1 is 1.28 bits per heavy atom. The number of nitrogens with one attached hydrogen (secondary N) is 1. The smallest absolute Gasteiger partial charge is 0.336 e. The van der Waals surface area contributed by atoms with Crippen LogP contribution in [0, 0.1) is 12.8 Å². The molecule has 4 heteroatoms. The molecule has 0 saturated carbocycles. The first-order valence-corrected chi connectivity index (χ1v) is 8.54. The summed E-state index contributed by atoms with van der Waals surface area (Å²) in [6.07, 6.45) is 5.51. The molecular formula is C21H21NO3. The van der Waals surface area contributed by atoms with Crippen molar-refractivity contribution in [3.8, 4) is 5.75 Å². The lowest BCUT2D eigenvalue weighted by atomic mass is 9.76. The SMILES string of the molecule is COc1cccc(C2Nc3c(ccc(C(=O)O)c3C)C3C=CCC32)c1. The lowest BCUT2D eigenvalue weighted by Crippen LogP contribution is -2.30. The van der Waals surface area contributed by atoms with E-state index in [4.69, 9.17) is 4.74 Å². The Kier molecular flexibility index (Phi) is 3.75. The molecule has 0 fully saturated rings. The van der Waals surface area contributed by atoms with Gasteiger partial charge in [-0.2, -0.15) is 0 Å². The number of aromatic carboxylic acids is 1. The Balaban J connectivity index is 1.83. The monoisotopic (exact) mass is 335 g/mol. The first kappa shape index (κ1) is 15.8. The van der Waals surface area contributed by atoms with Gasteiger partial charge < -0.3 is 15.2 Å². The Hall–Kier alpha value is -2.75. The number of anilines is 1. The number of hydrogen-bond acceptors (Lipinski definition) is 3. The summed E-state index contributed by atoms with van der Waals surface area (Å²) in [6.45, 7) is 1.89. The number of rotatable bonds is 3. The summed E-state index contributed by atoms with van der Waals surface area (Å²) in [5.41, 5.74) is 4.48. The molecule has 1 aliphatic carbocycles. The third-order valence-electron chi connectivity index (χ3n) is 5.48. The van der Waals surface area contributed by atoms with Crippen molar-refractivity contribution in [3.05, 3.63) is 70.8 Å². The molecule has 4 rings (SSSR count). The molecule has 2 aromatic carbocycles. The maximum absolute atomic E-state index is 11.5. The number of methoxy groups -OCH3 is 1. The summed E-state index contributed by atoms with van der Waals surface area (Å²) >= 11 is 0. The lowest BCUT2D eigenvalue weighted by Gasteiger charge is -2.38. The van der Waals surface area contributed by atoms with Gasteiger partial charge in [0.1, 0.15) is 5.75 Å². The van der Waals surface area contributed by atoms with Gasteiger partial charge >= 0.3 is 5.97 Å². The molecule has 2 aliphatic rings. The summed E-state index contributed by atoms with van der Waals surface area (Å²) in [5.74, 6) is 0.691. The highest BCUT2D eigenvalue weighted by molar-refractivity contribution is 5.92. The number of carboxylic acids is 1. The van der Waals surface area contributed by atoms with Crippen LogP contribution in [-0.2, 0) is 0 Å². The second kappa shape index (κ2) is 5.96. The number of benzene rings is 2. The Bertz CT molecular complexity index is 871. The van der Waals surface area contributed by atoms with Gasteiger partial charge in [0.15, 0.2) is 0 Å². The maximum Gasteiger partial charge on any atom is 0.336 e. The number of fused-ring (bicyclic) bond motifs is 3. The van der Waals surface area contributed by atoms with E-state index in [0.29, 0.717) is 17.4 Å². The van der Waals surface area contributed by atoms with Crippen molar-refractivity contribution in [1.29, 1.82) is 0 Å². The number of hydrogen-bond donors (Lipinski definition) is 2. The number of allylic oxidation sites excluding steroid dienone is 2. The fourth-order valence-corrected chi connectivity index (χ4v) is 4.21. The van der Waals surface area contributed by atoms with Crippen molar-refractivity contribution in [3.63, 3.8) is 0 Å². The first-order valence-electron chi connectivity index (χ1n) is 8.54. The van der Waals surface area contributed by atoms with Gasteiger partial charge in [-0.25, -0.2) is 4.79 Å². The molecule has 4 nitrogen and oxygen atoms in total. The zero-order valence-corrected chi connectivity index (χ0v) is 14.3. The van der Waals surface area contributed by atoms with E-state index >= 15 is 0 Å². The van der Waals surface area contributed by atoms with Crippen LogP contribution >= 0.6 is 0 Å². The third kappa shape index (κ3) is 2.49. The second-order valence-electron chi connectivity index (χ2n) is 6.76. The van der Waals surface area contributed by atoms with Gasteiger partial charge in [0, 0.05) is 11.6 Å². The molecule has 2 aromatic rings. The predicted octanol–water partition coefficient (Wildman–Crippen LogP) is 4.53. The van der Waals surface area contributed by atoms with E-state index in [1.807, 2.05) is 25.1 Å². The largest absolute Gasteiger partial charge is 0.497 e. The van der Waals surface area contributed by atoms with Gasteiger partial charge in [0.2, 0.25) is 0 Å². The fourth-order valence-electron chi connectivity index (χ4n) is 4.21. The molecule has 0 amide bonds. The van der Waals surface area contributed by atoms with E-state index < -0.39 is 5.97 Å². The minimum absolute atomic E-state index is 0.130. The molecule has 0 saturated heterocycles. The Morgan fingerprint density at radius 3 is 2.88 bits per heavy atom. The van der Waals surface area contributed by atoms with E-state index in [1.54, 1.807) is 13.2 Å². The van der Waals surface area contributed by atoms with E-state index in [2.05, 4.69) is 29.6 Å². The van der Waals surface area contributed by atoms with Crippen molar-refractivity contribution in [2.45, 2.75) is 25.3 Å². The summed E-state index contributed by atoms with van der Waals surface area (Å²) in [6, 6.07) is 11.9. The standard InChI is InChI=1S/C21H21NO3/c1-12-15(21(23)24)9-10-18-16-7-4-8-17(16)20(22-19(12)18)13-5-3-6-14(11-13)25-2/h3-7,9-11,16-17,20,22H,8H2,1-2H3,(H,23,24). The van der Waals surface area contributed by atoms with Crippen molar-refractivity contribution in [2.24, 2.45) is 5.92 Å². The highest BCUT2D eigenvalue weighted by Gasteiger charge is 2.39. The van der Waals surface area contributed by atoms with E-state index in [0.717, 1.165) is 23.4 Å². The molecule has 0 radical (unpaired) electrons. The van der Waals surface area contributed by atoms with Crippen LogP contribution in [0.15, 0.2) is 48.6 Å². The second-order valence-corrected chi connectivity index (χ2v) is 6.76. The van der Waals surface area contributed by atoms with Crippen LogP contribution in [0.4, 0.5) is 5.69 Å². The number of ether oxygens (including phenoxy) is 1. The quantitative estimate of drug-likeness (QED) is 0.809. The lowest BCUT2D eigenvalue weighted by molar-refractivity contribution is 0.0696. The van der Waals surface area contributed by atoms with E-state index in [1.165, 1.54) is 11.1 Å². The maximum atomic E-state index is 11.5. The average Bonchev–Trinajstić information content (AvgIpc) is 3.11. The molecule has 0 bridgehead atoms. The summed E-state index contributed by atoms with van der Waals surface area (Å²) in [7, 11) is 1.67. The molecule has 0 spiro atoms. The predicted molar refractivity (Wildman–Crippen MR) is 97.5 cm³/mol. The average molecular weight is 335 g/mol. The van der Waals surface area contributed by atoms with Gasteiger partial charge in [0.25, 0.3) is 0 Å². The fraction of sp³-hybridized carbons (Fsp3) is 0.286. The van der Waals surface area contributed by atoms with Crippen LogP contribution < -0.4 is 10.1 Å². The zero-order chi connectivity index (χ0) is 17.6. The first-order chi connectivity index (χ1) is 12.1. The van der Waals surface area contributed by atoms with Gasteiger partial charge in [-0.3, -0.25) is 0 Å². The van der Waals surface area contributed by atoms with Crippen molar-refractivity contribution in [2.75, 3.05) is 12.4 Å². The van der Waals surface area contributed by atoms with Crippen molar-refractivity contribution < 1.29 is 14.6 Å². The van der Waals surface area contributed by atoms with E-state index in [9.17, 15) is 9.90 Å². The highest BCUT2D eigenvalue weighted by Crippen LogP contribution is 2.51. The van der Waals surface area contributed by atoms with Crippen LogP contribution in [0.2, 0.25) is 0 Å². The minimum atomic E-state index is -0.885. The summed E-state index contributed by atoms with van der Waals surface area (Å²) in [4.78, 5) is 11.5. The van der Waals surface area contributed by atoms with Gasteiger partial charge in [-0.1, -0.05) is 30.4 Å². The molecule has 25 heavy (non-hydrogen) atoms. The molecule has 3 unspecified atom stereocenters. The van der Waals surface area contributed by atoms with Gasteiger partial charge in [-0.15, -0.1) is 0 Å². The van der Waals surface area contributed by atoms with Crippen LogP contribution in [0.25, 0.3) is 0 Å². The van der Waals surface area contributed by atoms with Crippen LogP contribution in [0.5, 0.6) is 5.75 Å². The van der Waals surface area contributed by atoms with Crippen LogP contribution in [0.1, 0.15) is 45.4 Å². The van der Waals surface area contributed by atoms with Gasteiger partial charge in [-0.05, 0) is 54.2 Å². The highest BCUT2D eigenvalue weighted by atomic mass is 16.5. The Labute approximate surface area is 147 Å². The minimum Gasteiger partial charge on any atom is -0.497 e. The van der Waals surface area contributed by atoms with Crippen LogP contribution in [0.3, 0.4) is 0 Å². The molecule has 2 N–H and O–H groups in total. The number of carbonyl (C=O) groups is 1. The van der Waals surface area contributed by atoms with Gasteiger partial charge in [0.05, 0.1) is 18.7 Å². The summed E-state index contributed by atoms with van der Waals surface area (Å²) < 4.78 is 5.38. The topological polar surface area (TPSA) is 58.6 Å². The molecule has 1 heterocycles. The van der Waals surface area contributed by atoms with Crippen molar-refractivity contribution >= 4 is 11.7 Å².